The zero-order valence-electron chi connectivity index (χ0n) is 16.9. The molecule has 0 bridgehead atoms. The van der Waals surface area contributed by atoms with Crippen molar-refractivity contribution in [3.05, 3.63) is 48.2 Å². The van der Waals surface area contributed by atoms with Crippen LogP contribution in [0.25, 0.3) is 0 Å². The van der Waals surface area contributed by atoms with Crippen molar-refractivity contribution in [2.24, 2.45) is 0 Å². The lowest BCUT2D eigenvalue weighted by Gasteiger charge is -2.36. The zero-order chi connectivity index (χ0) is 22.8. The van der Waals surface area contributed by atoms with Crippen molar-refractivity contribution < 1.29 is 21.6 Å². The van der Waals surface area contributed by atoms with Crippen LogP contribution >= 0.6 is 12.2 Å². The molecule has 168 valence electrons. The largest absolute Gasteiger partial charge is 0.417 e. The average Bonchev–Trinajstić information content (AvgIpc) is 2.73. The van der Waals surface area contributed by atoms with Gasteiger partial charge in [0.25, 0.3) is 0 Å². The third-order valence-electron chi connectivity index (χ3n) is 4.83. The fraction of sp³-hybridized carbons (Fsp3) is 0.368. The van der Waals surface area contributed by atoms with Gasteiger partial charge in [-0.2, -0.15) is 13.2 Å². The minimum atomic E-state index is -4.41. The Labute approximate surface area is 184 Å². The molecule has 12 heteroatoms. The molecule has 0 aliphatic carbocycles. The molecule has 1 saturated heterocycles. The maximum absolute atomic E-state index is 12.7. The topological polar surface area (TPSA) is 68.8 Å². The second-order valence-corrected chi connectivity index (χ2v) is 9.66. The molecule has 31 heavy (non-hydrogen) atoms. The van der Waals surface area contributed by atoms with Gasteiger partial charge in [0, 0.05) is 52.2 Å². The maximum Gasteiger partial charge on any atom is 0.417 e. The van der Waals surface area contributed by atoms with Gasteiger partial charge in [-0.15, -0.1) is 0 Å². The Balaban J connectivity index is 1.60. The number of hydrogen-bond donors (Lipinski definition) is 1. The minimum absolute atomic E-state index is 0.156. The average molecular weight is 474 g/mol. The molecule has 1 aromatic heterocycles. The third-order valence-corrected chi connectivity index (χ3v) is 7.00. The number of halogens is 3. The number of sulfonamides is 1. The lowest BCUT2D eigenvalue weighted by molar-refractivity contribution is -0.137. The highest BCUT2D eigenvalue weighted by Crippen LogP contribution is 2.29. The number of thiocarbonyl (C=S) groups is 1. The van der Waals surface area contributed by atoms with Crippen LogP contribution in [0.3, 0.4) is 0 Å². The van der Waals surface area contributed by atoms with Gasteiger partial charge in [-0.25, -0.2) is 17.7 Å². The van der Waals surface area contributed by atoms with Crippen LogP contribution in [0.5, 0.6) is 0 Å². The first kappa shape index (κ1) is 23.2. The molecule has 1 aliphatic rings. The first-order valence-electron chi connectivity index (χ1n) is 9.35. The van der Waals surface area contributed by atoms with Crippen molar-refractivity contribution in [2.75, 3.05) is 50.5 Å². The van der Waals surface area contributed by atoms with E-state index in [1.165, 1.54) is 32.3 Å². The lowest BCUT2D eigenvalue weighted by Crippen LogP contribution is -2.50. The van der Waals surface area contributed by atoms with E-state index >= 15 is 0 Å². The third kappa shape index (κ3) is 5.43. The van der Waals surface area contributed by atoms with Gasteiger partial charge < -0.3 is 15.1 Å². The number of aromatic nitrogens is 1. The van der Waals surface area contributed by atoms with Gasteiger partial charge in [0.2, 0.25) is 10.0 Å². The van der Waals surface area contributed by atoms with Gasteiger partial charge in [0.05, 0.1) is 10.5 Å². The molecule has 7 nitrogen and oxygen atoms in total. The fourth-order valence-electron chi connectivity index (χ4n) is 3.03. The van der Waals surface area contributed by atoms with Crippen LogP contribution in [0.1, 0.15) is 5.56 Å². The summed E-state index contributed by atoms with van der Waals surface area (Å²) >= 11 is 5.45. The standard InChI is InChI=1S/C19H22F3N5O2S2/c1-25(2)31(28,29)16-5-3-4-15(12-16)24-18(30)27-10-8-26(9-11-27)17-7-6-14(13-23-17)19(20,21)22/h3-7,12-13H,8-11H2,1-2H3,(H,24,30). The Bertz CT molecular complexity index is 1040. The molecule has 1 fully saturated rings. The van der Waals surface area contributed by atoms with Crippen LogP contribution in [0.15, 0.2) is 47.5 Å². The molecule has 1 aliphatic heterocycles. The Morgan fingerprint density at radius 3 is 2.35 bits per heavy atom. The Morgan fingerprint density at radius 2 is 1.81 bits per heavy atom. The van der Waals surface area contributed by atoms with E-state index in [0.29, 0.717) is 42.8 Å². The van der Waals surface area contributed by atoms with Crippen LogP contribution < -0.4 is 10.2 Å². The van der Waals surface area contributed by atoms with E-state index in [1.807, 2.05) is 9.80 Å². The van der Waals surface area contributed by atoms with Gasteiger partial charge >= 0.3 is 6.18 Å². The summed E-state index contributed by atoms with van der Waals surface area (Å²) in [5.41, 5.74) is -0.224. The van der Waals surface area contributed by atoms with Gasteiger partial charge in [-0.1, -0.05) is 6.07 Å². The molecular weight excluding hydrogens is 451 g/mol. The van der Waals surface area contributed by atoms with Crippen molar-refractivity contribution in [1.82, 2.24) is 14.2 Å². The molecule has 2 aromatic rings. The van der Waals surface area contributed by atoms with Gasteiger partial charge in [0.15, 0.2) is 5.11 Å². The van der Waals surface area contributed by atoms with E-state index in [2.05, 4.69) is 10.3 Å². The second kappa shape index (κ2) is 8.97. The molecule has 0 saturated carbocycles. The van der Waals surface area contributed by atoms with Crippen molar-refractivity contribution in [3.63, 3.8) is 0 Å². The molecule has 3 rings (SSSR count). The van der Waals surface area contributed by atoms with Crippen LogP contribution in [-0.4, -0.2) is 68.0 Å². The molecule has 0 atom stereocenters. The zero-order valence-corrected chi connectivity index (χ0v) is 18.6. The summed E-state index contributed by atoms with van der Waals surface area (Å²) in [6.45, 7) is 2.17. The van der Waals surface area contributed by atoms with Gasteiger partial charge in [0.1, 0.15) is 5.82 Å². The van der Waals surface area contributed by atoms with E-state index in [9.17, 15) is 21.6 Å². The predicted octanol–water partition coefficient (Wildman–Crippen LogP) is 2.87. The number of pyridine rings is 1. The van der Waals surface area contributed by atoms with E-state index in [-0.39, 0.29) is 4.90 Å². The molecule has 0 spiro atoms. The normalized spacial score (nSPS) is 15.3. The number of piperazine rings is 1. The highest BCUT2D eigenvalue weighted by atomic mass is 32.2. The second-order valence-electron chi connectivity index (χ2n) is 7.12. The number of alkyl halides is 3. The van der Waals surface area contributed by atoms with Crippen LogP contribution in [-0.2, 0) is 16.2 Å². The van der Waals surface area contributed by atoms with Crippen molar-refractivity contribution in [3.8, 4) is 0 Å². The molecule has 1 N–H and O–H groups in total. The highest BCUT2D eigenvalue weighted by molar-refractivity contribution is 7.89. The summed E-state index contributed by atoms with van der Waals surface area (Å²) in [6, 6.07) is 8.78. The number of nitrogens with one attached hydrogen (secondary N) is 1. The van der Waals surface area contributed by atoms with Crippen molar-refractivity contribution in [1.29, 1.82) is 0 Å². The first-order chi connectivity index (χ1) is 14.5. The van der Waals surface area contributed by atoms with Crippen LogP contribution in [0.2, 0.25) is 0 Å². The lowest BCUT2D eigenvalue weighted by atomic mass is 10.2. The van der Waals surface area contributed by atoms with Crippen LogP contribution in [0, 0.1) is 0 Å². The Hall–Kier alpha value is -2.44. The summed E-state index contributed by atoms with van der Waals surface area (Å²) in [5.74, 6) is 0.480. The number of nitrogens with zero attached hydrogens (tertiary/aromatic N) is 4. The quantitative estimate of drug-likeness (QED) is 0.685. The molecule has 1 aromatic carbocycles. The van der Waals surface area contributed by atoms with Gasteiger partial charge in [-0.05, 0) is 42.5 Å². The summed E-state index contributed by atoms with van der Waals surface area (Å²) in [5, 5.41) is 3.50. The maximum atomic E-state index is 12.7. The molecular formula is C19H22F3N5O2S2. The van der Waals surface area contributed by atoms with Crippen molar-refractivity contribution in [2.45, 2.75) is 11.1 Å². The molecule has 2 heterocycles. The van der Waals surface area contributed by atoms with E-state index in [0.717, 1.165) is 16.6 Å². The summed E-state index contributed by atoms with van der Waals surface area (Å²) in [7, 11) is -0.631. The monoisotopic (exact) mass is 473 g/mol. The minimum Gasteiger partial charge on any atom is -0.353 e. The Morgan fingerprint density at radius 1 is 1.13 bits per heavy atom. The predicted molar refractivity (Wildman–Crippen MR) is 117 cm³/mol. The van der Waals surface area contributed by atoms with E-state index < -0.39 is 21.8 Å². The number of rotatable bonds is 4. The highest BCUT2D eigenvalue weighted by Gasteiger charge is 2.31. The molecule has 0 amide bonds. The summed E-state index contributed by atoms with van der Waals surface area (Å²) in [6.07, 6.45) is -3.58. The summed E-state index contributed by atoms with van der Waals surface area (Å²) in [4.78, 5) is 7.90. The SMILES string of the molecule is CN(C)S(=O)(=O)c1cccc(NC(=S)N2CCN(c3ccc(C(F)(F)F)cn3)CC2)c1. The first-order valence-corrected chi connectivity index (χ1v) is 11.2. The number of benzene rings is 1. The van der Waals surface area contributed by atoms with Gasteiger partial charge in [-0.3, -0.25) is 0 Å². The Kier molecular flexibility index (Phi) is 6.72. The fourth-order valence-corrected chi connectivity index (χ4v) is 4.28. The van der Waals surface area contributed by atoms with E-state index in [4.69, 9.17) is 12.2 Å². The number of hydrogen-bond acceptors (Lipinski definition) is 5. The molecule has 0 radical (unpaired) electrons. The van der Waals surface area contributed by atoms with Crippen LogP contribution in [0.4, 0.5) is 24.7 Å². The summed E-state index contributed by atoms with van der Waals surface area (Å²) < 4.78 is 63.8. The molecule has 0 unspecified atom stereocenters. The van der Waals surface area contributed by atoms with E-state index in [1.54, 1.807) is 12.1 Å². The van der Waals surface area contributed by atoms with Crippen molar-refractivity contribution >= 4 is 38.9 Å². The smallest absolute Gasteiger partial charge is 0.353 e. The number of anilines is 2.